The number of hydrogen-bond donors (Lipinski definition) is 0. The van der Waals surface area contributed by atoms with E-state index in [1.54, 1.807) is 0 Å². The fraction of sp³-hybridized carbons (Fsp3) is 0.600. The summed E-state index contributed by atoms with van der Waals surface area (Å²) in [6.45, 7) is 2.34. The number of hydrogen-bond acceptors (Lipinski definition) is 2. The van der Waals surface area contributed by atoms with E-state index in [1.165, 1.54) is 24.8 Å². The van der Waals surface area contributed by atoms with Crippen LogP contribution in [0.15, 0.2) is 30.3 Å². The summed E-state index contributed by atoms with van der Waals surface area (Å²) in [6, 6.07) is 10.6. The highest BCUT2D eigenvalue weighted by Gasteiger charge is 2.16. The van der Waals surface area contributed by atoms with Crippen LogP contribution in [0.1, 0.15) is 31.2 Å². The van der Waals surface area contributed by atoms with Gasteiger partial charge in [0.05, 0.1) is 19.3 Å². The molecule has 17 heavy (non-hydrogen) atoms. The van der Waals surface area contributed by atoms with Crippen molar-refractivity contribution in [1.29, 1.82) is 0 Å². The second-order valence-electron chi connectivity index (χ2n) is 4.63. The normalized spacial score (nSPS) is 15.8. The molecule has 1 aliphatic rings. The Morgan fingerprint density at radius 3 is 2.53 bits per heavy atom. The topological polar surface area (TPSA) is 18.5 Å². The lowest BCUT2D eigenvalue weighted by molar-refractivity contribution is -0.0288. The molecule has 0 unspecified atom stereocenters. The van der Waals surface area contributed by atoms with Crippen molar-refractivity contribution in [3.63, 3.8) is 0 Å². The third-order valence-corrected chi connectivity index (χ3v) is 3.23. The molecule has 0 bridgehead atoms. The predicted molar refractivity (Wildman–Crippen MR) is 69.2 cm³/mol. The van der Waals surface area contributed by atoms with Crippen molar-refractivity contribution >= 4 is 0 Å². The van der Waals surface area contributed by atoms with Gasteiger partial charge in [-0.05, 0) is 37.7 Å². The Morgan fingerprint density at radius 2 is 1.82 bits per heavy atom. The first kappa shape index (κ1) is 12.6. The molecule has 0 aliphatic heterocycles. The summed E-state index contributed by atoms with van der Waals surface area (Å²) in [5, 5.41) is 0. The molecule has 1 aromatic carbocycles. The van der Waals surface area contributed by atoms with E-state index in [2.05, 4.69) is 30.3 Å². The second kappa shape index (κ2) is 7.46. The van der Waals surface area contributed by atoms with E-state index >= 15 is 0 Å². The summed E-state index contributed by atoms with van der Waals surface area (Å²) in [5.74, 6) is 0. The third kappa shape index (κ3) is 4.88. The van der Waals surface area contributed by atoms with Crippen LogP contribution in [-0.2, 0) is 15.9 Å². The van der Waals surface area contributed by atoms with Gasteiger partial charge >= 0.3 is 0 Å². The van der Waals surface area contributed by atoms with E-state index in [4.69, 9.17) is 9.47 Å². The molecule has 1 aliphatic carbocycles. The molecular weight excluding hydrogens is 212 g/mol. The average Bonchev–Trinajstić information content (AvgIpc) is 2.31. The van der Waals surface area contributed by atoms with Crippen molar-refractivity contribution in [2.75, 3.05) is 19.8 Å². The van der Waals surface area contributed by atoms with Gasteiger partial charge in [-0.15, -0.1) is 0 Å². The van der Waals surface area contributed by atoms with Gasteiger partial charge in [-0.25, -0.2) is 0 Å². The van der Waals surface area contributed by atoms with Crippen LogP contribution in [0, 0.1) is 0 Å². The van der Waals surface area contributed by atoms with Crippen LogP contribution in [0.4, 0.5) is 0 Å². The summed E-state index contributed by atoms with van der Waals surface area (Å²) < 4.78 is 11.2. The van der Waals surface area contributed by atoms with Crippen LogP contribution in [0.3, 0.4) is 0 Å². The Bertz CT molecular complexity index is 293. The van der Waals surface area contributed by atoms with Gasteiger partial charge in [0, 0.05) is 6.61 Å². The Hall–Kier alpha value is -0.860. The van der Waals surface area contributed by atoms with Gasteiger partial charge < -0.3 is 9.47 Å². The molecule has 0 amide bonds. The molecule has 0 heterocycles. The molecule has 0 aromatic heterocycles. The van der Waals surface area contributed by atoms with Crippen molar-refractivity contribution < 1.29 is 9.47 Å². The summed E-state index contributed by atoms with van der Waals surface area (Å²) >= 11 is 0. The molecule has 0 N–H and O–H groups in total. The molecule has 2 rings (SSSR count). The molecule has 0 radical (unpaired) electrons. The number of benzene rings is 1. The van der Waals surface area contributed by atoms with Gasteiger partial charge in [0.15, 0.2) is 0 Å². The highest BCUT2D eigenvalue weighted by atomic mass is 16.5. The maximum atomic E-state index is 5.62. The highest BCUT2D eigenvalue weighted by Crippen LogP contribution is 2.21. The lowest BCUT2D eigenvalue weighted by Crippen LogP contribution is -2.23. The zero-order valence-electron chi connectivity index (χ0n) is 10.4. The maximum absolute atomic E-state index is 5.62. The fourth-order valence-corrected chi connectivity index (χ4v) is 1.94. The largest absolute Gasteiger partial charge is 0.379 e. The average molecular weight is 234 g/mol. The van der Waals surface area contributed by atoms with E-state index in [9.17, 15) is 0 Å². The van der Waals surface area contributed by atoms with Gasteiger partial charge in [0.1, 0.15) is 0 Å². The molecule has 94 valence electrons. The van der Waals surface area contributed by atoms with Crippen molar-refractivity contribution in [2.24, 2.45) is 0 Å². The van der Waals surface area contributed by atoms with E-state index in [1.807, 2.05) is 0 Å². The van der Waals surface area contributed by atoms with Gasteiger partial charge in [-0.2, -0.15) is 0 Å². The van der Waals surface area contributed by atoms with Gasteiger partial charge in [-0.1, -0.05) is 30.3 Å². The summed E-state index contributed by atoms with van der Waals surface area (Å²) in [7, 11) is 0. The van der Waals surface area contributed by atoms with E-state index in [-0.39, 0.29) is 0 Å². The van der Waals surface area contributed by atoms with Crippen molar-refractivity contribution in [1.82, 2.24) is 0 Å². The molecule has 1 aromatic rings. The summed E-state index contributed by atoms with van der Waals surface area (Å²) in [6.07, 6.45) is 6.55. The summed E-state index contributed by atoms with van der Waals surface area (Å²) in [4.78, 5) is 0. The van der Waals surface area contributed by atoms with Crippen LogP contribution in [0.25, 0.3) is 0 Å². The minimum Gasteiger partial charge on any atom is -0.379 e. The molecule has 0 atom stereocenters. The van der Waals surface area contributed by atoms with Gasteiger partial charge in [-0.3, -0.25) is 0 Å². The lowest BCUT2D eigenvalue weighted by Gasteiger charge is -2.25. The molecule has 2 nitrogen and oxygen atoms in total. The number of ether oxygens (including phenoxy) is 2. The standard InChI is InChI=1S/C15H22O2/c1-2-6-14(7-3-1)8-5-11-16-12-13-17-15-9-4-10-15/h1-3,6-7,15H,4-5,8-13H2. The number of aryl methyl sites for hydroxylation is 1. The maximum Gasteiger partial charge on any atom is 0.0704 e. The Labute approximate surface area is 104 Å². The smallest absolute Gasteiger partial charge is 0.0704 e. The van der Waals surface area contributed by atoms with Gasteiger partial charge in [0.25, 0.3) is 0 Å². The first-order chi connectivity index (χ1) is 8.45. The molecular formula is C15H22O2. The SMILES string of the molecule is c1ccc(CCCOCCOC2CCC2)cc1. The van der Waals surface area contributed by atoms with Crippen LogP contribution in [-0.4, -0.2) is 25.9 Å². The van der Waals surface area contributed by atoms with Crippen molar-refractivity contribution in [2.45, 2.75) is 38.2 Å². The molecule has 2 heteroatoms. The lowest BCUT2D eigenvalue weighted by atomic mass is 9.96. The molecule has 1 fully saturated rings. The molecule has 1 saturated carbocycles. The zero-order chi connectivity index (χ0) is 11.8. The Morgan fingerprint density at radius 1 is 1.00 bits per heavy atom. The van der Waals surface area contributed by atoms with Crippen molar-refractivity contribution in [3.8, 4) is 0 Å². The minimum absolute atomic E-state index is 0.530. The first-order valence-electron chi connectivity index (χ1n) is 6.68. The predicted octanol–water partition coefficient (Wildman–Crippen LogP) is 3.20. The highest BCUT2D eigenvalue weighted by molar-refractivity contribution is 5.14. The Kier molecular flexibility index (Phi) is 5.53. The summed E-state index contributed by atoms with van der Waals surface area (Å²) in [5.41, 5.74) is 1.39. The van der Waals surface area contributed by atoms with E-state index in [0.717, 1.165) is 32.7 Å². The molecule has 0 saturated heterocycles. The fourth-order valence-electron chi connectivity index (χ4n) is 1.94. The monoisotopic (exact) mass is 234 g/mol. The van der Waals surface area contributed by atoms with Crippen molar-refractivity contribution in [3.05, 3.63) is 35.9 Å². The minimum atomic E-state index is 0.530. The second-order valence-corrected chi connectivity index (χ2v) is 4.63. The van der Waals surface area contributed by atoms with Crippen LogP contribution in [0.2, 0.25) is 0 Å². The van der Waals surface area contributed by atoms with Crippen LogP contribution >= 0.6 is 0 Å². The Balaban J connectivity index is 1.41. The zero-order valence-corrected chi connectivity index (χ0v) is 10.4. The quantitative estimate of drug-likeness (QED) is 0.643. The van der Waals surface area contributed by atoms with E-state index in [0.29, 0.717) is 6.10 Å². The van der Waals surface area contributed by atoms with Crippen LogP contribution in [0.5, 0.6) is 0 Å². The number of rotatable bonds is 8. The molecule has 0 spiro atoms. The first-order valence-corrected chi connectivity index (χ1v) is 6.68. The van der Waals surface area contributed by atoms with Gasteiger partial charge in [0.2, 0.25) is 0 Å². The van der Waals surface area contributed by atoms with E-state index < -0.39 is 0 Å². The van der Waals surface area contributed by atoms with Crippen LogP contribution < -0.4 is 0 Å². The third-order valence-electron chi connectivity index (χ3n) is 3.23.